The third-order valence-corrected chi connectivity index (χ3v) is 4.89. The van der Waals surface area contributed by atoms with Gasteiger partial charge in [0.05, 0.1) is 6.21 Å². The number of carbonyl (C=O) groups excluding carboxylic acids is 1. The average Bonchev–Trinajstić information content (AvgIpc) is 2.73. The van der Waals surface area contributed by atoms with E-state index in [2.05, 4.69) is 34.8 Å². The Bertz CT molecular complexity index is 763. The molecule has 5 nitrogen and oxygen atoms in total. The van der Waals surface area contributed by atoms with Crippen molar-refractivity contribution in [3.63, 3.8) is 0 Å². The van der Waals surface area contributed by atoms with Gasteiger partial charge in [0.15, 0.2) is 0 Å². The molecular formula is C23H28N2O3. The molecule has 1 amide bonds. The fraction of sp³-hybridized carbons (Fsp3) is 0.391. The molecule has 3 rings (SSSR count). The highest BCUT2D eigenvalue weighted by Gasteiger charge is 2.15. The number of benzene rings is 2. The van der Waals surface area contributed by atoms with E-state index in [0.29, 0.717) is 13.2 Å². The SMILES string of the molecule is CC(=O)N/N=C/c1ccc(OCCOc2ccc(C3CCCCC3)cc2)cc1. The van der Waals surface area contributed by atoms with Gasteiger partial charge in [-0.05, 0) is 66.3 Å². The van der Waals surface area contributed by atoms with Crippen LogP contribution in [0.2, 0.25) is 0 Å². The van der Waals surface area contributed by atoms with Crippen molar-refractivity contribution in [2.45, 2.75) is 44.9 Å². The molecule has 28 heavy (non-hydrogen) atoms. The van der Waals surface area contributed by atoms with Crippen LogP contribution >= 0.6 is 0 Å². The number of hydrazone groups is 1. The molecule has 1 saturated carbocycles. The van der Waals surface area contributed by atoms with Crippen molar-refractivity contribution >= 4 is 12.1 Å². The number of rotatable bonds is 8. The summed E-state index contributed by atoms with van der Waals surface area (Å²) in [5, 5.41) is 3.83. The van der Waals surface area contributed by atoms with E-state index in [0.717, 1.165) is 23.0 Å². The maximum Gasteiger partial charge on any atom is 0.236 e. The van der Waals surface area contributed by atoms with E-state index in [1.54, 1.807) is 6.21 Å². The van der Waals surface area contributed by atoms with Crippen LogP contribution in [0.3, 0.4) is 0 Å². The van der Waals surface area contributed by atoms with Crippen LogP contribution in [-0.2, 0) is 4.79 Å². The smallest absolute Gasteiger partial charge is 0.236 e. The summed E-state index contributed by atoms with van der Waals surface area (Å²) >= 11 is 0. The molecule has 0 radical (unpaired) electrons. The predicted octanol–water partition coefficient (Wildman–Crippen LogP) is 4.66. The lowest BCUT2D eigenvalue weighted by molar-refractivity contribution is -0.118. The lowest BCUT2D eigenvalue weighted by Crippen LogP contribution is -2.12. The van der Waals surface area contributed by atoms with Crippen LogP contribution in [0.1, 0.15) is 56.1 Å². The van der Waals surface area contributed by atoms with E-state index in [4.69, 9.17) is 9.47 Å². The molecule has 1 N–H and O–H groups in total. The summed E-state index contributed by atoms with van der Waals surface area (Å²) < 4.78 is 11.5. The molecule has 0 saturated heterocycles. The molecule has 2 aromatic rings. The van der Waals surface area contributed by atoms with Crippen LogP contribution in [0.15, 0.2) is 53.6 Å². The first-order chi connectivity index (χ1) is 13.7. The van der Waals surface area contributed by atoms with Crippen LogP contribution in [0.5, 0.6) is 11.5 Å². The summed E-state index contributed by atoms with van der Waals surface area (Å²) in [5.41, 5.74) is 4.69. The fourth-order valence-corrected chi connectivity index (χ4v) is 3.44. The number of nitrogens with zero attached hydrogens (tertiary/aromatic N) is 1. The maximum absolute atomic E-state index is 10.8. The van der Waals surface area contributed by atoms with Gasteiger partial charge in [0.1, 0.15) is 24.7 Å². The van der Waals surface area contributed by atoms with Crippen LogP contribution in [-0.4, -0.2) is 25.3 Å². The minimum absolute atomic E-state index is 0.195. The first-order valence-electron chi connectivity index (χ1n) is 9.96. The molecule has 148 valence electrons. The Kier molecular flexibility index (Phi) is 7.47. The van der Waals surface area contributed by atoms with Gasteiger partial charge in [-0.2, -0.15) is 5.10 Å². The number of ether oxygens (including phenoxy) is 2. The Balaban J connectivity index is 1.38. The molecule has 0 bridgehead atoms. The van der Waals surface area contributed by atoms with Gasteiger partial charge in [-0.1, -0.05) is 31.4 Å². The molecular weight excluding hydrogens is 352 g/mol. The van der Waals surface area contributed by atoms with Crippen LogP contribution < -0.4 is 14.9 Å². The van der Waals surface area contributed by atoms with Gasteiger partial charge in [-0.15, -0.1) is 0 Å². The molecule has 1 aliphatic carbocycles. The van der Waals surface area contributed by atoms with E-state index in [1.807, 2.05) is 24.3 Å². The van der Waals surface area contributed by atoms with Crippen LogP contribution in [0.25, 0.3) is 0 Å². The van der Waals surface area contributed by atoms with Crippen molar-refractivity contribution in [2.24, 2.45) is 5.10 Å². The lowest BCUT2D eigenvalue weighted by atomic mass is 9.84. The number of hydrogen-bond acceptors (Lipinski definition) is 4. The van der Waals surface area contributed by atoms with E-state index in [9.17, 15) is 4.79 Å². The average molecular weight is 380 g/mol. The van der Waals surface area contributed by atoms with Gasteiger partial charge >= 0.3 is 0 Å². The van der Waals surface area contributed by atoms with Gasteiger partial charge in [-0.3, -0.25) is 4.79 Å². The van der Waals surface area contributed by atoms with Crippen LogP contribution in [0, 0.1) is 0 Å². The van der Waals surface area contributed by atoms with Gasteiger partial charge in [0, 0.05) is 6.92 Å². The molecule has 0 aromatic heterocycles. The zero-order valence-corrected chi connectivity index (χ0v) is 16.4. The first kappa shape index (κ1) is 19.9. The highest BCUT2D eigenvalue weighted by Crippen LogP contribution is 2.33. The molecule has 0 spiro atoms. The summed E-state index contributed by atoms with van der Waals surface area (Å²) in [6.07, 6.45) is 8.29. The Morgan fingerprint density at radius 1 is 0.964 bits per heavy atom. The second-order valence-corrected chi connectivity index (χ2v) is 7.10. The number of amides is 1. The van der Waals surface area contributed by atoms with Crippen molar-refractivity contribution in [1.29, 1.82) is 0 Å². The van der Waals surface area contributed by atoms with E-state index in [1.165, 1.54) is 44.6 Å². The summed E-state index contributed by atoms with van der Waals surface area (Å²) in [4.78, 5) is 10.8. The van der Waals surface area contributed by atoms with Crippen molar-refractivity contribution in [3.8, 4) is 11.5 Å². The minimum Gasteiger partial charge on any atom is -0.490 e. The van der Waals surface area contributed by atoms with Gasteiger partial charge in [0.25, 0.3) is 0 Å². The Morgan fingerprint density at radius 2 is 1.54 bits per heavy atom. The minimum atomic E-state index is -0.195. The molecule has 0 heterocycles. The predicted molar refractivity (Wildman–Crippen MR) is 111 cm³/mol. The summed E-state index contributed by atoms with van der Waals surface area (Å²) in [5.74, 6) is 2.18. The van der Waals surface area contributed by atoms with Crippen molar-refractivity contribution < 1.29 is 14.3 Å². The topological polar surface area (TPSA) is 59.9 Å². The van der Waals surface area contributed by atoms with E-state index < -0.39 is 0 Å². The molecule has 1 aliphatic rings. The van der Waals surface area contributed by atoms with Gasteiger partial charge in [0.2, 0.25) is 5.91 Å². The van der Waals surface area contributed by atoms with Crippen LogP contribution in [0.4, 0.5) is 0 Å². The standard InChI is InChI=1S/C23H28N2O3/c1-18(26)25-24-17-19-7-11-22(12-8-19)27-15-16-28-23-13-9-21(10-14-23)20-5-3-2-4-6-20/h7-14,17,20H,2-6,15-16H2,1H3,(H,25,26)/b24-17+. The highest BCUT2D eigenvalue weighted by atomic mass is 16.5. The third-order valence-electron chi connectivity index (χ3n) is 4.89. The van der Waals surface area contributed by atoms with Gasteiger partial charge in [-0.25, -0.2) is 5.43 Å². The van der Waals surface area contributed by atoms with E-state index in [-0.39, 0.29) is 5.91 Å². The molecule has 0 unspecified atom stereocenters. The summed E-state index contributed by atoms with van der Waals surface area (Å²) in [7, 11) is 0. The number of carbonyl (C=O) groups is 1. The zero-order valence-electron chi connectivity index (χ0n) is 16.4. The normalized spacial score (nSPS) is 14.8. The number of hydrogen-bond donors (Lipinski definition) is 1. The Labute approximate surface area is 166 Å². The fourth-order valence-electron chi connectivity index (χ4n) is 3.44. The molecule has 2 aromatic carbocycles. The maximum atomic E-state index is 10.8. The summed E-state index contributed by atoms with van der Waals surface area (Å²) in [6.45, 7) is 2.39. The third kappa shape index (κ3) is 6.41. The quantitative estimate of drug-likeness (QED) is 0.411. The molecule has 1 fully saturated rings. The molecule has 0 atom stereocenters. The lowest BCUT2D eigenvalue weighted by Gasteiger charge is -2.22. The van der Waals surface area contributed by atoms with Crippen molar-refractivity contribution in [3.05, 3.63) is 59.7 Å². The number of nitrogens with one attached hydrogen (secondary N) is 1. The van der Waals surface area contributed by atoms with Crippen molar-refractivity contribution in [1.82, 2.24) is 5.43 Å². The second kappa shape index (κ2) is 10.5. The first-order valence-corrected chi connectivity index (χ1v) is 9.96. The highest BCUT2D eigenvalue weighted by molar-refractivity contribution is 5.81. The second-order valence-electron chi connectivity index (χ2n) is 7.10. The molecule has 0 aliphatic heterocycles. The monoisotopic (exact) mass is 380 g/mol. The van der Waals surface area contributed by atoms with Crippen molar-refractivity contribution in [2.75, 3.05) is 13.2 Å². The Morgan fingerprint density at radius 3 is 2.11 bits per heavy atom. The zero-order chi connectivity index (χ0) is 19.6. The summed E-state index contributed by atoms with van der Waals surface area (Å²) in [6, 6.07) is 16.0. The Hall–Kier alpha value is -2.82. The van der Waals surface area contributed by atoms with E-state index >= 15 is 0 Å². The van der Waals surface area contributed by atoms with Gasteiger partial charge < -0.3 is 9.47 Å². The largest absolute Gasteiger partial charge is 0.490 e. The molecule has 5 heteroatoms.